The number of aromatic nitrogens is 1. The molecular formula is C20H22FN3O2S. The Bertz CT molecular complexity index is 808. The van der Waals surface area contributed by atoms with Crippen LogP contribution in [0.5, 0.6) is 0 Å². The van der Waals surface area contributed by atoms with Gasteiger partial charge in [0.1, 0.15) is 5.82 Å². The Labute approximate surface area is 162 Å². The highest BCUT2D eigenvalue weighted by Gasteiger charge is 2.21. The van der Waals surface area contributed by atoms with Crippen molar-refractivity contribution in [1.82, 2.24) is 14.8 Å². The second-order valence-corrected chi connectivity index (χ2v) is 7.53. The number of pyridine rings is 1. The van der Waals surface area contributed by atoms with E-state index in [1.54, 1.807) is 18.3 Å². The summed E-state index contributed by atoms with van der Waals surface area (Å²) in [5.74, 6) is -0.428. The fourth-order valence-corrected chi connectivity index (χ4v) is 3.80. The van der Waals surface area contributed by atoms with Crippen LogP contribution in [0.15, 0.2) is 47.6 Å². The van der Waals surface area contributed by atoms with E-state index in [2.05, 4.69) is 9.88 Å². The Hall–Kier alpha value is -2.25. The van der Waals surface area contributed by atoms with E-state index in [0.29, 0.717) is 23.5 Å². The number of piperazine rings is 1. The molecule has 2 heterocycles. The summed E-state index contributed by atoms with van der Waals surface area (Å²) in [4.78, 5) is 32.3. The molecule has 0 bridgehead atoms. The van der Waals surface area contributed by atoms with Crippen molar-refractivity contribution < 1.29 is 14.0 Å². The summed E-state index contributed by atoms with van der Waals surface area (Å²) in [5, 5.41) is 0. The predicted molar refractivity (Wildman–Crippen MR) is 103 cm³/mol. The van der Waals surface area contributed by atoms with Crippen LogP contribution in [0, 0.1) is 5.82 Å². The highest BCUT2D eigenvalue weighted by Crippen LogP contribution is 2.23. The second-order valence-electron chi connectivity index (χ2n) is 6.51. The number of nitrogens with zero attached hydrogens (tertiary/aromatic N) is 3. The molecule has 1 fully saturated rings. The summed E-state index contributed by atoms with van der Waals surface area (Å²) in [6, 6.07) is 8.36. The lowest BCUT2D eigenvalue weighted by atomic mass is 10.1. The number of rotatable bonds is 6. The Balaban J connectivity index is 1.46. The maximum Gasteiger partial charge on any atom is 0.233 e. The lowest BCUT2D eigenvalue weighted by Crippen LogP contribution is -2.48. The number of amides is 1. The molecule has 3 rings (SSSR count). The van der Waals surface area contributed by atoms with E-state index in [1.807, 2.05) is 23.2 Å². The number of carbonyl (C=O) groups is 2. The first kappa shape index (κ1) is 19.5. The number of Topliss-reactive ketones (excluding diaryl/α,β-unsaturated/α-hetero) is 1. The highest BCUT2D eigenvalue weighted by molar-refractivity contribution is 8.00. The molecule has 0 atom stereocenters. The minimum atomic E-state index is -0.457. The third-order valence-corrected chi connectivity index (χ3v) is 5.58. The smallest absolute Gasteiger partial charge is 0.233 e. The van der Waals surface area contributed by atoms with Crippen molar-refractivity contribution in [3.05, 3.63) is 59.7 Å². The largest absolute Gasteiger partial charge is 0.339 e. The van der Waals surface area contributed by atoms with Gasteiger partial charge in [-0.2, -0.15) is 0 Å². The average Bonchev–Trinajstić information content (AvgIpc) is 2.68. The Morgan fingerprint density at radius 1 is 1.19 bits per heavy atom. The molecule has 1 amide bonds. The molecule has 0 spiro atoms. The van der Waals surface area contributed by atoms with Crippen LogP contribution in [0.3, 0.4) is 0 Å². The van der Waals surface area contributed by atoms with Gasteiger partial charge in [-0.25, -0.2) is 4.39 Å². The topological polar surface area (TPSA) is 53.5 Å². The predicted octanol–water partition coefficient (Wildman–Crippen LogP) is 2.86. The van der Waals surface area contributed by atoms with E-state index in [9.17, 15) is 14.0 Å². The fraction of sp³-hybridized carbons (Fsp3) is 0.350. The molecule has 0 radical (unpaired) electrons. The average molecular weight is 387 g/mol. The van der Waals surface area contributed by atoms with E-state index in [4.69, 9.17) is 0 Å². The molecule has 0 aliphatic carbocycles. The van der Waals surface area contributed by atoms with Crippen LogP contribution in [-0.2, 0) is 11.3 Å². The van der Waals surface area contributed by atoms with Gasteiger partial charge in [-0.05, 0) is 30.7 Å². The molecule has 142 valence electrons. The number of benzene rings is 1. The number of thioether (sulfide) groups is 1. The van der Waals surface area contributed by atoms with Gasteiger partial charge in [-0.15, -0.1) is 11.8 Å². The third kappa shape index (κ3) is 5.37. The second kappa shape index (κ2) is 9.10. The standard InChI is InChI=1S/C20H22FN3O2S/c1-15(25)17-4-5-19(18(21)11-17)27-14-20(26)24-9-7-23(8-10-24)13-16-3-2-6-22-12-16/h2-6,11-12H,7-10,13-14H2,1H3. The first-order chi connectivity index (χ1) is 13.0. The molecule has 1 aromatic heterocycles. The van der Waals surface area contributed by atoms with Crippen molar-refractivity contribution in [2.45, 2.75) is 18.4 Å². The van der Waals surface area contributed by atoms with Crippen molar-refractivity contribution in [2.75, 3.05) is 31.9 Å². The number of hydrogen-bond acceptors (Lipinski definition) is 5. The molecule has 0 saturated carbocycles. The minimum absolute atomic E-state index is 0.0103. The first-order valence-electron chi connectivity index (χ1n) is 8.85. The SMILES string of the molecule is CC(=O)c1ccc(SCC(=O)N2CCN(Cc3cccnc3)CC2)c(F)c1. The molecular weight excluding hydrogens is 365 g/mol. The van der Waals surface area contributed by atoms with Crippen LogP contribution in [0.25, 0.3) is 0 Å². The zero-order valence-electron chi connectivity index (χ0n) is 15.2. The summed E-state index contributed by atoms with van der Waals surface area (Å²) >= 11 is 1.17. The van der Waals surface area contributed by atoms with E-state index in [1.165, 1.54) is 24.8 Å². The molecule has 27 heavy (non-hydrogen) atoms. The van der Waals surface area contributed by atoms with Gasteiger partial charge in [0.25, 0.3) is 0 Å². The molecule has 1 aliphatic rings. The summed E-state index contributed by atoms with van der Waals surface area (Å²) in [5.41, 5.74) is 1.50. The number of hydrogen-bond donors (Lipinski definition) is 0. The van der Waals surface area contributed by atoms with Crippen LogP contribution in [0.2, 0.25) is 0 Å². The first-order valence-corrected chi connectivity index (χ1v) is 9.84. The molecule has 1 aromatic carbocycles. The minimum Gasteiger partial charge on any atom is -0.339 e. The van der Waals surface area contributed by atoms with Gasteiger partial charge in [-0.3, -0.25) is 19.5 Å². The zero-order valence-corrected chi connectivity index (χ0v) is 16.0. The van der Waals surface area contributed by atoms with Crippen molar-refractivity contribution in [3.63, 3.8) is 0 Å². The lowest BCUT2D eigenvalue weighted by molar-refractivity contribution is -0.130. The molecule has 7 heteroatoms. The maximum absolute atomic E-state index is 14.1. The van der Waals surface area contributed by atoms with Crippen molar-refractivity contribution in [2.24, 2.45) is 0 Å². The van der Waals surface area contributed by atoms with Crippen molar-refractivity contribution in [1.29, 1.82) is 0 Å². The quantitative estimate of drug-likeness (QED) is 0.564. The van der Waals surface area contributed by atoms with E-state index in [-0.39, 0.29) is 17.4 Å². The Morgan fingerprint density at radius 3 is 2.59 bits per heavy atom. The van der Waals surface area contributed by atoms with Crippen LogP contribution in [0.4, 0.5) is 4.39 Å². The molecule has 1 saturated heterocycles. The van der Waals surface area contributed by atoms with Gasteiger partial charge < -0.3 is 4.90 Å². The van der Waals surface area contributed by atoms with Crippen LogP contribution >= 0.6 is 11.8 Å². The monoisotopic (exact) mass is 387 g/mol. The number of ketones is 1. The van der Waals surface area contributed by atoms with Gasteiger partial charge in [0.15, 0.2) is 5.78 Å². The van der Waals surface area contributed by atoms with Gasteiger partial charge in [0.2, 0.25) is 5.91 Å². The van der Waals surface area contributed by atoms with Crippen molar-refractivity contribution >= 4 is 23.5 Å². The van der Waals surface area contributed by atoms with Gasteiger partial charge in [0, 0.05) is 55.6 Å². The fourth-order valence-electron chi connectivity index (χ4n) is 2.97. The summed E-state index contributed by atoms with van der Waals surface area (Å²) in [7, 11) is 0. The maximum atomic E-state index is 14.1. The molecule has 0 N–H and O–H groups in total. The number of halogens is 1. The molecule has 2 aromatic rings. The van der Waals surface area contributed by atoms with Gasteiger partial charge in [0.05, 0.1) is 5.75 Å². The molecule has 1 aliphatic heterocycles. The van der Waals surface area contributed by atoms with Gasteiger partial charge >= 0.3 is 0 Å². The number of carbonyl (C=O) groups excluding carboxylic acids is 2. The normalized spacial score (nSPS) is 15.0. The summed E-state index contributed by atoms with van der Waals surface area (Å²) in [6.45, 7) is 5.20. The molecule has 0 unspecified atom stereocenters. The Morgan fingerprint density at radius 2 is 1.96 bits per heavy atom. The summed E-state index contributed by atoms with van der Waals surface area (Å²) < 4.78 is 14.1. The lowest BCUT2D eigenvalue weighted by Gasteiger charge is -2.34. The summed E-state index contributed by atoms with van der Waals surface area (Å²) in [6.07, 6.45) is 3.62. The van der Waals surface area contributed by atoms with Crippen molar-refractivity contribution in [3.8, 4) is 0 Å². The molecule has 5 nitrogen and oxygen atoms in total. The third-order valence-electron chi connectivity index (χ3n) is 4.54. The van der Waals surface area contributed by atoms with E-state index >= 15 is 0 Å². The van der Waals surface area contributed by atoms with Gasteiger partial charge in [-0.1, -0.05) is 12.1 Å². The highest BCUT2D eigenvalue weighted by atomic mass is 32.2. The zero-order chi connectivity index (χ0) is 19.2. The van der Waals surface area contributed by atoms with Crippen LogP contribution < -0.4 is 0 Å². The van der Waals surface area contributed by atoms with Crippen LogP contribution in [-0.4, -0.2) is 58.4 Å². The van der Waals surface area contributed by atoms with E-state index < -0.39 is 5.82 Å². The Kier molecular flexibility index (Phi) is 6.58. The van der Waals surface area contributed by atoms with Crippen LogP contribution in [0.1, 0.15) is 22.8 Å². The van der Waals surface area contributed by atoms with E-state index in [0.717, 1.165) is 25.2 Å².